The van der Waals surface area contributed by atoms with Crippen LogP contribution in [-0.4, -0.2) is 23.3 Å². The number of carbonyl (C=O) groups excluding carboxylic acids is 1. The smallest absolute Gasteiger partial charge is 0.309 e. The molecule has 3 heteroatoms. The molecule has 0 amide bonds. The van der Waals surface area contributed by atoms with Crippen LogP contribution >= 0.6 is 0 Å². The SMILES string of the molecule is C=C1CC[C@@H](O)[C@@]2(C)CC[C@H]3[C@H](OC(=O)[C@@H]3C)[C@H]12. The van der Waals surface area contributed by atoms with Crippen LogP contribution in [0.25, 0.3) is 0 Å². The Labute approximate surface area is 108 Å². The lowest BCUT2D eigenvalue weighted by atomic mass is 9.54. The number of fused-ring (bicyclic) bond motifs is 3. The van der Waals surface area contributed by atoms with Crippen LogP contribution in [0.2, 0.25) is 0 Å². The number of aliphatic hydroxyl groups excluding tert-OH is 1. The fraction of sp³-hybridized carbons (Fsp3) is 0.800. The van der Waals surface area contributed by atoms with Crippen LogP contribution in [0.1, 0.15) is 39.5 Å². The summed E-state index contributed by atoms with van der Waals surface area (Å²) in [6.07, 6.45) is 3.27. The van der Waals surface area contributed by atoms with Crippen molar-refractivity contribution >= 4 is 5.97 Å². The molecule has 0 spiro atoms. The van der Waals surface area contributed by atoms with Crippen molar-refractivity contribution in [3.63, 3.8) is 0 Å². The molecule has 0 bridgehead atoms. The molecule has 0 aromatic heterocycles. The molecule has 3 rings (SSSR count). The highest BCUT2D eigenvalue weighted by Crippen LogP contribution is 2.57. The molecule has 2 saturated carbocycles. The van der Waals surface area contributed by atoms with Crippen molar-refractivity contribution in [2.45, 2.75) is 51.7 Å². The number of carbonyl (C=O) groups is 1. The third-order valence-corrected chi connectivity index (χ3v) is 5.68. The predicted octanol–water partition coefficient (Wildman–Crippen LogP) is 2.29. The first-order valence-corrected chi connectivity index (χ1v) is 7.01. The third-order valence-electron chi connectivity index (χ3n) is 5.68. The zero-order valence-electron chi connectivity index (χ0n) is 11.2. The van der Waals surface area contributed by atoms with E-state index in [0.29, 0.717) is 5.92 Å². The molecule has 6 atom stereocenters. The summed E-state index contributed by atoms with van der Waals surface area (Å²) in [6, 6.07) is 0. The number of hydrogen-bond acceptors (Lipinski definition) is 3. The topological polar surface area (TPSA) is 46.5 Å². The quantitative estimate of drug-likeness (QED) is 0.530. The van der Waals surface area contributed by atoms with Crippen LogP contribution in [0.3, 0.4) is 0 Å². The molecule has 100 valence electrons. The van der Waals surface area contributed by atoms with E-state index in [4.69, 9.17) is 4.74 Å². The highest BCUT2D eigenvalue weighted by molar-refractivity contribution is 5.75. The van der Waals surface area contributed by atoms with Crippen LogP contribution in [0.4, 0.5) is 0 Å². The summed E-state index contributed by atoms with van der Waals surface area (Å²) in [5.74, 6) is 0.403. The van der Waals surface area contributed by atoms with E-state index in [0.717, 1.165) is 25.7 Å². The molecule has 18 heavy (non-hydrogen) atoms. The summed E-state index contributed by atoms with van der Waals surface area (Å²) in [6.45, 7) is 8.29. The lowest BCUT2D eigenvalue weighted by molar-refractivity contribution is -0.152. The van der Waals surface area contributed by atoms with E-state index in [-0.39, 0.29) is 35.4 Å². The van der Waals surface area contributed by atoms with Crippen LogP contribution in [0.15, 0.2) is 12.2 Å². The summed E-state index contributed by atoms with van der Waals surface area (Å²) >= 11 is 0. The maximum absolute atomic E-state index is 11.8. The zero-order valence-corrected chi connectivity index (χ0v) is 11.2. The molecule has 3 fully saturated rings. The van der Waals surface area contributed by atoms with Crippen molar-refractivity contribution in [3.05, 3.63) is 12.2 Å². The molecule has 3 nitrogen and oxygen atoms in total. The van der Waals surface area contributed by atoms with Crippen LogP contribution < -0.4 is 0 Å². The molecule has 2 aliphatic carbocycles. The second-order valence-corrected chi connectivity index (χ2v) is 6.59. The van der Waals surface area contributed by atoms with Gasteiger partial charge in [0, 0.05) is 17.3 Å². The van der Waals surface area contributed by atoms with Gasteiger partial charge in [0.2, 0.25) is 0 Å². The van der Waals surface area contributed by atoms with E-state index in [1.54, 1.807) is 0 Å². The number of hydrogen-bond donors (Lipinski definition) is 1. The monoisotopic (exact) mass is 250 g/mol. The molecule has 1 heterocycles. The van der Waals surface area contributed by atoms with Gasteiger partial charge >= 0.3 is 5.97 Å². The second kappa shape index (κ2) is 3.83. The second-order valence-electron chi connectivity index (χ2n) is 6.59. The van der Waals surface area contributed by atoms with Crippen molar-refractivity contribution in [1.29, 1.82) is 0 Å². The molecular weight excluding hydrogens is 228 g/mol. The van der Waals surface area contributed by atoms with Gasteiger partial charge in [0.05, 0.1) is 12.0 Å². The number of rotatable bonds is 0. The minimum absolute atomic E-state index is 0.00594. The van der Waals surface area contributed by atoms with Crippen molar-refractivity contribution in [2.24, 2.45) is 23.2 Å². The minimum Gasteiger partial charge on any atom is -0.461 e. The molecule has 0 unspecified atom stereocenters. The summed E-state index contributed by atoms with van der Waals surface area (Å²) in [4.78, 5) is 11.8. The van der Waals surface area contributed by atoms with E-state index in [1.165, 1.54) is 5.57 Å². The van der Waals surface area contributed by atoms with E-state index in [2.05, 4.69) is 13.5 Å². The van der Waals surface area contributed by atoms with E-state index < -0.39 is 0 Å². The Kier molecular flexibility index (Phi) is 2.60. The van der Waals surface area contributed by atoms with Crippen molar-refractivity contribution in [3.8, 4) is 0 Å². The Bertz CT molecular complexity index is 403. The number of ether oxygens (including phenoxy) is 1. The maximum Gasteiger partial charge on any atom is 0.309 e. The van der Waals surface area contributed by atoms with E-state index >= 15 is 0 Å². The van der Waals surface area contributed by atoms with E-state index in [1.807, 2.05) is 6.92 Å². The van der Waals surface area contributed by atoms with Crippen molar-refractivity contribution < 1.29 is 14.6 Å². The molecule has 3 aliphatic rings. The normalized spacial score (nSPS) is 51.6. The van der Waals surface area contributed by atoms with Crippen molar-refractivity contribution in [1.82, 2.24) is 0 Å². The molecule has 0 aromatic carbocycles. The van der Waals surface area contributed by atoms with Crippen LogP contribution in [-0.2, 0) is 9.53 Å². The fourth-order valence-electron chi connectivity index (χ4n) is 4.41. The first-order valence-electron chi connectivity index (χ1n) is 7.01. The average Bonchev–Trinajstić information content (AvgIpc) is 2.60. The molecule has 1 N–H and O–H groups in total. The molecule has 0 radical (unpaired) electrons. The summed E-state index contributed by atoms with van der Waals surface area (Å²) in [5, 5.41) is 10.4. The Morgan fingerprint density at radius 3 is 2.89 bits per heavy atom. The molecule has 0 aromatic rings. The van der Waals surface area contributed by atoms with Crippen molar-refractivity contribution in [2.75, 3.05) is 0 Å². The zero-order chi connectivity index (χ0) is 13.1. The van der Waals surface area contributed by atoms with E-state index in [9.17, 15) is 9.90 Å². The fourth-order valence-corrected chi connectivity index (χ4v) is 4.41. The Morgan fingerprint density at radius 1 is 1.44 bits per heavy atom. The van der Waals surface area contributed by atoms with Gasteiger partial charge in [-0.15, -0.1) is 0 Å². The summed E-state index contributed by atoms with van der Waals surface area (Å²) in [5.41, 5.74) is 1.01. The minimum atomic E-state index is -0.288. The summed E-state index contributed by atoms with van der Waals surface area (Å²) in [7, 11) is 0. The van der Waals surface area contributed by atoms with Gasteiger partial charge in [-0.1, -0.05) is 26.0 Å². The Balaban J connectivity index is 1.98. The predicted molar refractivity (Wildman–Crippen MR) is 67.7 cm³/mol. The van der Waals surface area contributed by atoms with Gasteiger partial charge in [0.25, 0.3) is 0 Å². The van der Waals surface area contributed by atoms with Gasteiger partial charge in [0.15, 0.2) is 0 Å². The third kappa shape index (κ3) is 1.43. The maximum atomic E-state index is 11.8. The number of esters is 1. The molecule has 1 saturated heterocycles. The standard InChI is InChI=1S/C15H22O3/c1-8-4-5-11(16)15(3)7-6-10-9(2)14(17)18-13(10)12(8)15/h9-13,16H,1,4-7H2,2-3H3/t9-,10-,11-,12+,13+,15-/m1/s1. The van der Waals surface area contributed by atoms with Gasteiger partial charge < -0.3 is 9.84 Å². The lowest BCUT2D eigenvalue weighted by Gasteiger charge is -2.52. The van der Waals surface area contributed by atoms with Gasteiger partial charge in [-0.2, -0.15) is 0 Å². The first-order chi connectivity index (χ1) is 8.45. The van der Waals surface area contributed by atoms with Gasteiger partial charge in [-0.25, -0.2) is 0 Å². The number of aliphatic hydroxyl groups is 1. The highest BCUT2D eigenvalue weighted by Gasteiger charge is 2.58. The van der Waals surface area contributed by atoms with Gasteiger partial charge in [-0.3, -0.25) is 4.79 Å². The molecular formula is C15H22O3. The van der Waals surface area contributed by atoms with Gasteiger partial charge in [0.1, 0.15) is 6.10 Å². The average molecular weight is 250 g/mol. The highest BCUT2D eigenvalue weighted by atomic mass is 16.6. The Morgan fingerprint density at radius 2 is 2.17 bits per heavy atom. The van der Waals surface area contributed by atoms with Crippen LogP contribution in [0, 0.1) is 23.2 Å². The Hall–Kier alpha value is -0.830. The van der Waals surface area contributed by atoms with Crippen LogP contribution in [0.5, 0.6) is 0 Å². The first kappa shape index (κ1) is 12.2. The summed E-state index contributed by atoms with van der Waals surface area (Å²) < 4.78 is 5.62. The van der Waals surface area contributed by atoms with Gasteiger partial charge in [-0.05, 0) is 25.7 Å². The largest absolute Gasteiger partial charge is 0.461 e. The lowest BCUT2D eigenvalue weighted by Crippen LogP contribution is -2.53. The molecule has 1 aliphatic heterocycles.